The van der Waals surface area contributed by atoms with Gasteiger partial charge in [0.05, 0.1) is 24.2 Å². The van der Waals surface area contributed by atoms with Crippen LogP contribution < -0.4 is 0 Å². The van der Waals surface area contributed by atoms with Crippen molar-refractivity contribution >= 4 is 11.9 Å². The van der Waals surface area contributed by atoms with Crippen molar-refractivity contribution in [3.05, 3.63) is 34.6 Å². The zero-order valence-corrected chi connectivity index (χ0v) is 16.4. The van der Waals surface area contributed by atoms with E-state index in [4.69, 9.17) is 14.2 Å². The third kappa shape index (κ3) is 2.29. The maximum absolute atomic E-state index is 13.0. The second kappa shape index (κ2) is 6.54. The fourth-order valence-corrected chi connectivity index (χ4v) is 5.90. The Morgan fingerprint density at radius 3 is 2.67 bits per heavy atom. The van der Waals surface area contributed by atoms with Crippen LogP contribution in [0, 0.1) is 11.3 Å². The highest BCUT2D eigenvalue weighted by Gasteiger charge is 2.76. The van der Waals surface area contributed by atoms with Gasteiger partial charge in [0, 0.05) is 18.9 Å². The van der Waals surface area contributed by atoms with E-state index in [0.29, 0.717) is 18.8 Å². The monoisotopic (exact) mass is 372 g/mol. The molecule has 0 saturated heterocycles. The molecule has 0 bridgehead atoms. The number of ether oxygens (including phenoxy) is 3. The SMILES string of the molecule is CCOC(=O)C1=C(C2=CCCC2)[C@@]23CCC[C@@H]2C(OCC)=C[C@@]13OC(C)=O. The third-order valence-electron chi connectivity index (χ3n) is 6.54. The smallest absolute Gasteiger partial charge is 0.338 e. The minimum Gasteiger partial charge on any atom is -0.498 e. The Bertz CT molecular complexity index is 774. The molecule has 4 rings (SSSR count). The van der Waals surface area contributed by atoms with E-state index in [9.17, 15) is 9.59 Å². The number of carbonyl (C=O) groups is 2. The van der Waals surface area contributed by atoms with Gasteiger partial charge in [0.2, 0.25) is 0 Å². The highest BCUT2D eigenvalue weighted by Crippen LogP contribution is 2.74. The topological polar surface area (TPSA) is 61.8 Å². The van der Waals surface area contributed by atoms with E-state index < -0.39 is 5.60 Å². The summed E-state index contributed by atoms with van der Waals surface area (Å²) >= 11 is 0. The molecule has 27 heavy (non-hydrogen) atoms. The van der Waals surface area contributed by atoms with Crippen LogP contribution >= 0.6 is 0 Å². The molecule has 0 radical (unpaired) electrons. The lowest BCUT2D eigenvalue weighted by Gasteiger charge is -2.56. The van der Waals surface area contributed by atoms with Crippen LogP contribution in [0.5, 0.6) is 0 Å². The fourth-order valence-electron chi connectivity index (χ4n) is 5.90. The Kier molecular flexibility index (Phi) is 4.44. The predicted molar refractivity (Wildman–Crippen MR) is 99.6 cm³/mol. The quantitative estimate of drug-likeness (QED) is 0.660. The van der Waals surface area contributed by atoms with Gasteiger partial charge in [-0.3, -0.25) is 4.79 Å². The minimum absolute atomic E-state index is 0.159. The highest BCUT2D eigenvalue weighted by atomic mass is 16.6. The predicted octanol–water partition coefficient (Wildman–Crippen LogP) is 3.99. The molecule has 4 aliphatic carbocycles. The second-order valence-corrected chi connectivity index (χ2v) is 7.82. The maximum Gasteiger partial charge on any atom is 0.338 e. The summed E-state index contributed by atoms with van der Waals surface area (Å²) in [6.07, 6.45) is 10.2. The normalized spacial score (nSPS) is 33.7. The van der Waals surface area contributed by atoms with Crippen LogP contribution in [0.25, 0.3) is 0 Å². The Labute approximate surface area is 160 Å². The van der Waals surface area contributed by atoms with Crippen LogP contribution in [-0.2, 0) is 23.8 Å². The van der Waals surface area contributed by atoms with Crippen LogP contribution in [0.1, 0.15) is 59.3 Å². The zero-order valence-electron chi connectivity index (χ0n) is 16.4. The molecule has 0 N–H and O–H groups in total. The summed E-state index contributed by atoms with van der Waals surface area (Å²) in [7, 11) is 0. The van der Waals surface area contributed by atoms with E-state index in [0.717, 1.165) is 49.9 Å². The number of hydrogen-bond donors (Lipinski definition) is 0. The molecule has 4 aliphatic rings. The molecule has 0 aliphatic heterocycles. The van der Waals surface area contributed by atoms with Gasteiger partial charge in [0.25, 0.3) is 0 Å². The molecular weight excluding hydrogens is 344 g/mol. The molecule has 0 amide bonds. The summed E-state index contributed by atoms with van der Waals surface area (Å²) in [5, 5.41) is 0. The molecule has 0 unspecified atom stereocenters. The van der Waals surface area contributed by atoms with Crippen molar-refractivity contribution in [3.63, 3.8) is 0 Å². The first-order chi connectivity index (χ1) is 13.0. The summed E-state index contributed by atoms with van der Waals surface area (Å²) in [5.41, 5.74) is 1.41. The number of rotatable bonds is 6. The number of allylic oxidation sites excluding steroid dienone is 3. The summed E-state index contributed by atoms with van der Waals surface area (Å²) in [4.78, 5) is 25.1. The van der Waals surface area contributed by atoms with Gasteiger partial charge in [0.1, 0.15) is 5.76 Å². The van der Waals surface area contributed by atoms with Crippen LogP contribution in [0.2, 0.25) is 0 Å². The average molecular weight is 372 g/mol. The number of esters is 2. The molecule has 5 heteroatoms. The van der Waals surface area contributed by atoms with Gasteiger partial charge < -0.3 is 14.2 Å². The first kappa shape index (κ1) is 18.3. The van der Waals surface area contributed by atoms with Crippen LogP contribution in [0.3, 0.4) is 0 Å². The summed E-state index contributed by atoms with van der Waals surface area (Å²) in [5.74, 6) is 0.278. The maximum atomic E-state index is 13.0. The Balaban J connectivity index is 1.93. The average Bonchev–Trinajstić information content (AvgIpc) is 3.31. The van der Waals surface area contributed by atoms with E-state index in [2.05, 4.69) is 6.08 Å². The van der Waals surface area contributed by atoms with E-state index in [-0.39, 0.29) is 23.3 Å². The van der Waals surface area contributed by atoms with Crippen LogP contribution in [0.4, 0.5) is 0 Å². The van der Waals surface area contributed by atoms with Crippen molar-refractivity contribution in [3.8, 4) is 0 Å². The van der Waals surface area contributed by atoms with Gasteiger partial charge in [-0.1, -0.05) is 12.5 Å². The van der Waals surface area contributed by atoms with Crippen LogP contribution in [-0.4, -0.2) is 30.8 Å². The van der Waals surface area contributed by atoms with Crippen molar-refractivity contribution in [1.82, 2.24) is 0 Å². The lowest BCUT2D eigenvalue weighted by atomic mass is 9.50. The summed E-state index contributed by atoms with van der Waals surface area (Å²) in [6, 6.07) is 0. The highest BCUT2D eigenvalue weighted by molar-refractivity contribution is 5.99. The Morgan fingerprint density at radius 1 is 1.22 bits per heavy atom. The standard InChI is InChI=1S/C22H28O5/c1-4-25-17-13-22(27-14(3)23)19(20(24)26-5-2)18(15-9-6-7-10-15)21(22)12-8-11-16(17)21/h9,13,16H,4-8,10-12H2,1-3H3/t16-,21-,22-/m1/s1. The zero-order chi connectivity index (χ0) is 19.2. The van der Waals surface area contributed by atoms with Gasteiger partial charge >= 0.3 is 11.9 Å². The fraction of sp³-hybridized carbons (Fsp3) is 0.636. The molecule has 1 fully saturated rings. The van der Waals surface area contributed by atoms with Crippen molar-refractivity contribution in [1.29, 1.82) is 0 Å². The summed E-state index contributed by atoms with van der Waals surface area (Å²) < 4.78 is 17.3. The largest absolute Gasteiger partial charge is 0.498 e. The molecule has 0 aromatic heterocycles. The van der Waals surface area contributed by atoms with Crippen LogP contribution in [0.15, 0.2) is 34.6 Å². The summed E-state index contributed by atoms with van der Waals surface area (Å²) in [6.45, 7) is 6.02. The van der Waals surface area contributed by atoms with Gasteiger partial charge in [-0.15, -0.1) is 0 Å². The van der Waals surface area contributed by atoms with Gasteiger partial charge in [0.15, 0.2) is 5.60 Å². The van der Waals surface area contributed by atoms with Crippen molar-refractivity contribution in [2.24, 2.45) is 11.3 Å². The number of hydrogen-bond acceptors (Lipinski definition) is 5. The van der Waals surface area contributed by atoms with Gasteiger partial charge in [-0.05, 0) is 57.1 Å². The lowest BCUT2D eigenvalue weighted by Crippen LogP contribution is -2.61. The van der Waals surface area contributed by atoms with Gasteiger partial charge in [-0.25, -0.2) is 4.79 Å². The molecule has 0 aromatic carbocycles. The third-order valence-corrected chi connectivity index (χ3v) is 6.54. The lowest BCUT2D eigenvalue weighted by molar-refractivity contribution is -0.167. The molecule has 3 atom stereocenters. The molecule has 0 heterocycles. The van der Waals surface area contributed by atoms with E-state index in [1.165, 1.54) is 12.5 Å². The van der Waals surface area contributed by atoms with Gasteiger partial charge in [-0.2, -0.15) is 0 Å². The second-order valence-electron chi connectivity index (χ2n) is 7.82. The van der Waals surface area contributed by atoms with E-state index >= 15 is 0 Å². The van der Waals surface area contributed by atoms with E-state index in [1.54, 1.807) is 6.92 Å². The first-order valence-corrected chi connectivity index (χ1v) is 10.2. The van der Waals surface area contributed by atoms with Crippen molar-refractivity contribution in [2.45, 2.75) is 64.9 Å². The first-order valence-electron chi connectivity index (χ1n) is 10.2. The number of carbonyl (C=O) groups excluding carboxylic acids is 2. The molecule has 1 spiro atoms. The molecule has 0 aromatic rings. The Morgan fingerprint density at radius 2 is 2.04 bits per heavy atom. The van der Waals surface area contributed by atoms with Crippen molar-refractivity contribution in [2.75, 3.05) is 13.2 Å². The molecule has 146 valence electrons. The molecule has 1 saturated carbocycles. The minimum atomic E-state index is -1.05. The molecular formula is C22H28O5. The molecule has 5 nitrogen and oxygen atoms in total. The Hall–Kier alpha value is -2.04. The van der Waals surface area contributed by atoms with Crippen molar-refractivity contribution < 1.29 is 23.8 Å². The van der Waals surface area contributed by atoms with E-state index in [1.807, 2.05) is 13.0 Å².